The Kier molecular flexibility index (Phi) is 4.94. The smallest absolute Gasteiger partial charge is 0.0586 e. The first-order chi connectivity index (χ1) is 10.3. The van der Waals surface area contributed by atoms with E-state index >= 15 is 0 Å². The summed E-state index contributed by atoms with van der Waals surface area (Å²) in [7, 11) is 0. The average molecular weight is 288 g/mol. The molecule has 1 aliphatic heterocycles. The van der Waals surface area contributed by atoms with Crippen molar-refractivity contribution in [1.82, 2.24) is 4.90 Å². The summed E-state index contributed by atoms with van der Waals surface area (Å²) in [6.07, 6.45) is 6.02. The second-order valence-electron chi connectivity index (χ2n) is 6.70. The topological polar surface area (TPSA) is 49.5 Å². The minimum absolute atomic E-state index is 0.295. The lowest BCUT2D eigenvalue weighted by Gasteiger charge is -2.43. The van der Waals surface area contributed by atoms with Crippen molar-refractivity contribution >= 4 is 0 Å². The van der Waals surface area contributed by atoms with Gasteiger partial charge in [-0.15, -0.1) is 0 Å². The van der Waals surface area contributed by atoms with E-state index in [0.29, 0.717) is 30.5 Å². The van der Waals surface area contributed by atoms with Gasteiger partial charge in [-0.3, -0.25) is 4.90 Å². The normalized spacial score (nSPS) is 34.2. The summed E-state index contributed by atoms with van der Waals surface area (Å²) in [6.45, 7) is 2.21. The van der Waals surface area contributed by atoms with Gasteiger partial charge < -0.3 is 10.8 Å². The summed E-state index contributed by atoms with van der Waals surface area (Å²) in [4.78, 5) is 2.56. The van der Waals surface area contributed by atoms with Crippen LogP contribution >= 0.6 is 0 Å². The van der Waals surface area contributed by atoms with Gasteiger partial charge in [0.1, 0.15) is 0 Å². The van der Waals surface area contributed by atoms with E-state index in [9.17, 15) is 5.11 Å². The van der Waals surface area contributed by atoms with Crippen LogP contribution in [-0.4, -0.2) is 41.8 Å². The Morgan fingerprint density at radius 1 is 1.14 bits per heavy atom. The van der Waals surface area contributed by atoms with Crippen molar-refractivity contribution in [2.45, 2.75) is 50.1 Å². The van der Waals surface area contributed by atoms with Crippen molar-refractivity contribution in [3.63, 3.8) is 0 Å². The van der Waals surface area contributed by atoms with Crippen LogP contribution in [-0.2, 0) is 0 Å². The molecule has 1 aliphatic carbocycles. The molecule has 0 amide bonds. The van der Waals surface area contributed by atoms with Gasteiger partial charge in [0.05, 0.1) is 6.61 Å². The molecule has 1 aromatic carbocycles. The molecule has 1 aromatic rings. The van der Waals surface area contributed by atoms with Gasteiger partial charge in [-0.1, -0.05) is 30.3 Å². The number of hydrogen-bond acceptors (Lipinski definition) is 3. The zero-order valence-corrected chi connectivity index (χ0v) is 12.8. The Morgan fingerprint density at radius 2 is 1.95 bits per heavy atom. The highest BCUT2D eigenvalue weighted by atomic mass is 16.3. The minimum Gasteiger partial charge on any atom is -0.395 e. The minimum atomic E-state index is 0.295. The quantitative estimate of drug-likeness (QED) is 0.894. The summed E-state index contributed by atoms with van der Waals surface area (Å²) >= 11 is 0. The second-order valence-corrected chi connectivity index (χ2v) is 6.70. The SMILES string of the molecule is NCC1CCC(c2ccccc2)CC1N1CCCC1CO. The summed E-state index contributed by atoms with van der Waals surface area (Å²) in [5.74, 6) is 1.25. The van der Waals surface area contributed by atoms with E-state index in [-0.39, 0.29) is 0 Å². The summed E-state index contributed by atoms with van der Waals surface area (Å²) in [5, 5.41) is 9.64. The molecule has 116 valence electrons. The maximum atomic E-state index is 9.64. The monoisotopic (exact) mass is 288 g/mol. The van der Waals surface area contributed by atoms with Crippen LogP contribution in [0.15, 0.2) is 30.3 Å². The van der Waals surface area contributed by atoms with Crippen LogP contribution in [0.3, 0.4) is 0 Å². The highest BCUT2D eigenvalue weighted by Crippen LogP contribution is 2.40. The fourth-order valence-corrected chi connectivity index (χ4v) is 4.41. The van der Waals surface area contributed by atoms with Crippen LogP contribution in [0.5, 0.6) is 0 Å². The lowest BCUT2D eigenvalue weighted by atomic mass is 9.74. The van der Waals surface area contributed by atoms with Gasteiger partial charge in [0, 0.05) is 12.1 Å². The van der Waals surface area contributed by atoms with Gasteiger partial charge in [0.2, 0.25) is 0 Å². The number of likely N-dealkylation sites (tertiary alicyclic amines) is 1. The lowest BCUT2D eigenvalue weighted by molar-refractivity contribution is 0.0601. The Balaban J connectivity index is 1.76. The Labute approximate surface area is 128 Å². The van der Waals surface area contributed by atoms with Crippen LogP contribution in [0.1, 0.15) is 43.6 Å². The third kappa shape index (κ3) is 3.15. The van der Waals surface area contributed by atoms with E-state index in [2.05, 4.69) is 35.2 Å². The first kappa shape index (κ1) is 15.0. The number of aliphatic hydroxyl groups excluding tert-OH is 1. The molecule has 4 unspecified atom stereocenters. The predicted octanol–water partition coefficient (Wildman–Crippen LogP) is 2.35. The van der Waals surface area contributed by atoms with Crippen LogP contribution in [0.2, 0.25) is 0 Å². The molecule has 0 spiro atoms. The molecule has 1 saturated heterocycles. The first-order valence-electron chi connectivity index (χ1n) is 8.45. The molecule has 0 bridgehead atoms. The molecule has 2 aliphatic rings. The van der Waals surface area contributed by atoms with Crippen molar-refractivity contribution in [2.24, 2.45) is 11.7 Å². The maximum Gasteiger partial charge on any atom is 0.0586 e. The molecule has 4 atom stereocenters. The molecule has 0 radical (unpaired) electrons. The van der Waals surface area contributed by atoms with Crippen LogP contribution in [0.25, 0.3) is 0 Å². The zero-order chi connectivity index (χ0) is 14.7. The molecule has 3 rings (SSSR count). The number of aliphatic hydroxyl groups is 1. The van der Waals surface area contributed by atoms with Crippen LogP contribution in [0.4, 0.5) is 0 Å². The summed E-state index contributed by atoms with van der Waals surface area (Å²) < 4.78 is 0. The van der Waals surface area contributed by atoms with E-state index < -0.39 is 0 Å². The number of nitrogens with zero attached hydrogens (tertiary/aromatic N) is 1. The number of hydrogen-bond donors (Lipinski definition) is 2. The van der Waals surface area contributed by atoms with E-state index in [4.69, 9.17) is 5.73 Å². The van der Waals surface area contributed by atoms with Gasteiger partial charge in [0.25, 0.3) is 0 Å². The summed E-state index contributed by atoms with van der Waals surface area (Å²) in [5.41, 5.74) is 7.51. The largest absolute Gasteiger partial charge is 0.395 e. The standard InChI is InChI=1S/C18H28N2O/c19-12-16-9-8-15(14-5-2-1-3-6-14)11-18(16)20-10-4-7-17(20)13-21/h1-3,5-6,15-18,21H,4,7-13,19H2. The van der Waals surface area contributed by atoms with Crippen LogP contribution in [0, 0.1) is 5.92 Å². The predicted molar refractivity (Wildman–Crippen MR) is 86.2 cm³/mol. The Bertz CT molecular complexity index is 436. The van der Waals surface area contributed by atoms with Crippen molar-refractivity contribution < 1.29 is 5.11 Å². The lowest BCUT2D eigenvalue weighted by Crippen LogP contribution is -2.49. The molecular formula is C18H28N2O. The van der Waals surface area contributed by atoms with Gasteiger partial charge in [-0.05, 0) is 62.6 Å². The van der Waals surface area contributed by atoms with Gasteiger partial charge in [0.15, 0.2) is 0 Å². The second kappa shape index (κ2) is 6.91. The summed E-state index contributed by atoms with van der Waals surface area (Å²) in [6, 6.07) is 11.8. The van der Waals surface area contributed by atoms with E-state index in [1.807, 2.05) is 0 Å². The number of benzene rings is 1. The fraction of sp³-hybridized carbons (Fsp3) is 0.667. The van der Waals surface area contributed by atoms with Crippen molar-refractivity contribution in [1.29, 1.82) is 0 Å². The molecule has 0 aromatic heterocycles. The van der Waals surface area contributed by atoms with Crippen molar-refractivity contribution in [3.8, 4) is 0 Å². The number of nitrogens with two attached hydrogens (primary N) is 1. The van der Waals surface area contributed by atoms with Gasteiger partial charge >= 0.3 is 0 Å². The molecule has 21 heavy (non-hydrogen) atoms. The highest BCUT2D eigenvalue weighted by Gasteiger charge is 2.38. The third-order valence-corrected chi connectivity index (χ3v) is 5.59. The van der Waals surface area contributed by atoms with E-state index in [1.165, 1.54) is 31.2 Å². The Hall–Kier alpha value is -0.900. The number of rotatable bonds is 4. The first-order valence-corrected chi connectivity index (χ1v) is 8.45. The molecular weight excluding hydrogens is 260 g/mol. The van der Waals surface area contributed by atoms with Crippen molar-refractivity contribution in [2.75, 3.05) is 19.7 Å². The molecule has 1 saturated carbocycles. The fourth-order valence-electron chi connectivity index (χ4n) is 4.41. The average Bonchev–Trinajstić information content (AvgIpc) is 3.03. The highest BCUT2D eigenvalue weighted by molar-refractivity contribution is 5.20. The van der Waals surface area contributed by atoms with E-state index in [1.54, 1.807) is 0 Å². The maximum absolute atomic E-state index is 9.64. The van der Waals surface area contributed by atoms with Gasteiger partial charge in [-0.2, -0.15) is 0 Å². The zero-order valence-electron chi connectivity index (χ0n) is 12.8. The molecule has 3 heteroatoms. The van der Waals surface area contributed by atoms with Gasteiger partial charge in [-0.25, -0.2) is 0 Å². The molecule has 2 fully saturated rings. The molecule has 3 nitrogen and oxygen atoms in total. The molecule has 1 heterocycles. The van der Waals surface area contributed by atoms with Crippen molar-refractivity contribution in [3.05, 3.63) is 35.9 Å². The Morgan fingerprint density at radius 3 is 2.67 bits per heavy atom. The third-order valence-electron chi connectivity index (χ3n) is 5.59. The van der Waals surface area contributed by atoms with Crippen LogP contribution < -0.4 is 5.73 Å². The molecule has 3 N–H and O–H groups in total. The van der Waals surface area contributed by atoms with E-state index in [0.717, 1.165) is 19.5 Å².